The molecule has 0 saturated heterocycles. The molecule has 0 radical (unpaired) electrons. The zero-order valence-corrected chi connectivity index (χ0v) is 9.51. The molecule has 1 aromatic carbocycles. The molecule has 15 heavy (non-hydrogen) atoms. The van der Waals surface area contributed by atoms with Gasteiger partial charge in [-0.3, -0.25) is 9.97 Å². The maximum absolute atomic E-state index is 11.2. The summed E-state index contributed by atoms with van der Waals surface area (Å²) in [5.41, 5.74) is 0.612. The van der Waals surface area contributed by atoms with E-state index >= 15 is 0 Å². The van der Waals surface area contributed by atoms with Crippen molar-refractivity contribution in [3.05, 3.63) is 29.5 Å². The molecule has 0 aliphatic rings. The highest BCUT2D eigenvalue weighted by Gasteiger charge is 2.16. The Balaban J connectivity index is 2.96. The molecule has 2 aromatic rings. The Kier molecular flexibility index (Phi) is 2.54. The zero-order valence-electron chi connectivity index (χ0n) is 7.18. The van der Waals surface area contributed by atoms with E-state index in [1.54, 1.807) is 0 Å². The third kappa shape index (κ3) is 2.04. The number of hydrogen-bond donors (Lipinski definition) is 0. The summed E-state index contributed by atoms with van der Waals surface area (Å²) >= 11 is 5.74. The van der Waals surface area contributed by atoms with Gasteiger partial charge in [0.25, 0.3) is 9.05 Å². The first-order valence-electron chi connectivity index (χ1n) is 3.83. The fourth-order valence-corrected chi connectivity index (χ4v) is 2.48. The van der Waals surface area contributed by atoms with Gasteiger partial charge in [0.05, 0.1) is 5.52 Å². The average Bonchev–Trinajstić information content (AvgIpc) is 2.15. The highest BCUT2D eigenvalue weighted by molar-refractivity contribution is 8.14. The van der Waals surface area contributed by atoms with E-state index < -0.39 is 9.05 Å². The molecule has 0 saturated carbocycles. The minimum absolute atomic E-state index is 0.125. The number of fused-ring (bicyclic) bond motifs is 1. The van der Waals surface area contributed by atoms with E-state index in [2.05, 4.69) is 9.97 Å². The van der Waals surface area contributed by atoms with Crippen LogP contribution in [0.5, 0.6) is 0 Å². The summed E-state index contributed by atoms with van der Waals surface area (Å²) in [6, 6.07) is 2.77. The Hall–Kier alpha value is -0.910. The molecule has 0 bridgehead atoms. The molecule has 2 rings (SSSR count). The monoisotopic (exact) mass is 262 g/mol. The number of aromatic nitrogens is 2. The smallest absolute Gasteiger partial charge is 0.253 e. The van der Waals surface area contributed by atoms with Gasteiger partial charge in [-0.2, -0.15) is 0 Å². The molecule has 4 nitrogen and oxygen atoms in total. The minimum Gasteiger partial charge on any atom is -0.253 e. The van der Waals surface area contributed by atoms with Crippen molar-refractivity contribution in [2.45, 2.75) is 4.90 Å². The lowest BCUT2D eigenvalue weighted by molar-refractivity contribution is 0.610. The van der Waals surface area contributed by atoms with E-state index in [-0.39, 0.29) is 15.4 Å². The quantitative estimate of drug-likeness (QED) is 0.740. The molecule has 0 aliphatic heterocycles. The molecule has 0 aliphatic carbocycles. The van der Waals surface area contributed by atoms with Gasteiger partial charge in [0, 0.05) is 28.1 Å². The highest BCUT2D eigenvalue weighted by atomic mass is 35.7. The third-order valence-electron chi connectivity index (χ3n) is 1.77. The van der Waals surface area contributed by atoms with Crippen molar-refractivity contribution in [2.75, 3.05) is 0 Å². The molecule has 78 valence electrons. The van der Waals surface area contributed by atoms with Crippen molar-refractivity contribution in [3.8, 4) is 0 Å². The lowest BCUT2D eigenvalue weighted by Gasteiger charge is -2.02. The number of rotatable bonds is 1. The fourth-order valence-electron chi connectivity index (χ4n) is 1.20. The summed E-state index contributed by atoms with van der Waals surface area (Å²) in [7, 11) is 1.39. The lowest BCUT2D eigenvalue weighted by atomic mass is 10.3. The van der Waals surface area contributed by atoms with E-state index in [0.29, 0.717) is 5.52 Å². The largest absolute Gasteiger partial charge is 0.263 e. The van der Waals surface area contributed by atoms with Crippen LogP contribution in [-0.4, -0.2) is 18.4 Å². The fraction of sp³-hybridized carbons (Fsp3) is 0. The summed E-state index contributed by atoms with van der Waals surface area (Å²) in [6.45, 7) is 0. The summed E-state index contributed by atoms with van der Waals surface area (Å²) in [4.78, 5) is 7.72. The SMILES string of the molecule is O=S(=O)(Cl)c1cc(Cl)cc2nccnc12. The molecule has 0 spiro atoms. The zero-order chi connectivity index (χ0) is 11.1. The van der Waals surface area contributed by atoms with Crippen molar-refractivity contribution < 1.29 is 8.42 Å². The van der Waals surface area contributed by atoms with E-state index in [4.69, 9.17) is 22.3 Å². The van der Waals surface area contributed by atoms with Gasteiger partial charge in [0.15, 0.2) is 0 Å². The van der Waals surface area contributed by atoms with E-state index in [1.165, 1.54) is 24.5 Å². The normalized spacial score (nSPS) is 11.9. The van der Waals surface area contributed by atoms with Gasteiger partial charge >= 0.3 is 0 Å². The van der Waals surface area contributed by atoms with Crippen LogP contribution in [0, 0.1) is 0 Å². The summed E-state index contributed by atoms with van der Waals surface area (Å²) in [6.07, 6.45) is 2.84. The van der Waals surface area contributed by atoms with Gasteiger partial charge in [-0.25, -0.2) is 8.42 Å². The van der Waals surface area contributed by atoms with Crippen LogP contribution >= 0.6 is 22.3 Å². The van der Waals surface area contributed by atoms with Crippen LogP contribution in [0.3, 0.4) is 0 Å². The summed E-state index contributed by atoms with van der Waals surface area (Å²) in [5, 5.41) is 0.252. The van der Waals surface area contributed by atoms with Gasteiger partial charge < -0.3 is 0 Å². The lowest BCUT2D eigenvalue weighted by Crippen LogP contribution is -1.95. The summed E-state index contributed by atoms with van der Waals surface area (Å²) < 4.78 is 22.5. The van der Waals surface area contributed by atoms with Gasteiger partial charge in [-0.1, -0.05) is 11.6 Å². The van der Waals surface area contributed by atoms with Crippen molar-refractivity contribution in [3.63, 3.8) is 0 Å². The second-order valence-electron chi connectivity index (χ2n) is 2.77. The maximum Gasteiger partial charge on any atom is 0.263 e. The second kappa shape index (κ2) is 3.59. The minimum atomic E-state index is -3.87. The van der Waals surface area contributed by atoms with Crippen molar-refractivity contribution in [2.24, 2.45) is 0 Å². The van der Waals surface area contributed by atoms with Crippen LogP contribution in [0.15, 0.2) is 29.4 Å². The van der Waals surface area contributed by atoms with E-state index in [1.807, 2.05) is 0 Å². The van der Waals surface area contributed by atoms with Crippen LogP contribution in [0.2, 0.25) is 5.02 Å². The first kappa shape index (κ1) is 10.6. The molecule has 0 atom stereocenters. The second-order valence-corrected chi connectivity index (χ2v) is 5.74. The first-order valence-corrected chi connectivity index (χ1v) is 6.52. The Morgan fingerprint density at radius 1 is 1.13 bits per heavy atom. The molecule has 0 amide bonds. The third-order valence-corrected chi connectivity index (χ3v) is 3.32. The number of benzene rings is 1. The number of halogens is 2. The number of hydrogen-bond acceptors (Lipinski definition) is 4. The Labute approximate surface area is 95.3 Å². The summed E-state index contributed by atoms with van der Waals surface area (Å²) in [5.74, 6) is 0. The first-order chi connectivity index (χ1) is 6.98. The van der Waals surface area contributed by atoms with E-state index in [0.717, 1.165) is 0 Å². The van der Waals surface area contributed by atoms with Gasteiger partial charge in [-0.15, -0.1) is 0 Å². The predicted molar refractivity (Wildman–Crippen MR) is 57.6 cm³/mol. The molecule has 0 unspecified atom stereocenters. The Bertz CT molecular complexity index is 628. The standard InChI is InChI=1S/C8H4Cl2N2O2S/c9-5-3-6-8(12-2-1-11-6)7(4-5)15(10,13)14/h1-4H. The van der Waals surface area contributed by atoms with Crippen LogP contribution in [0.25, 0.3) is 11.0 Å². The van der Waals surface area contributed by atoms with Crippen molar-refractivity contribution in [1.29, 1.82) is 0 Å². The molecule has 1 aromatic heterocycles. The maximum atomic E-state index is 11.2. The van der Waals surface area contributed by atoms with Crippen LogP contribution < -0.4 is 0 Å². The van der Waals surface area contributed by atoms with Crippen molar-refractivity contribution in [1.82, 2.24) is 9.97 Å². The Morgan fingerprint density at radius 2 is 1.80 bits per heavy atom. The van der Waals surface area contributed by atoms with E-state index in [9.17, 15) is 8.42 Å². The predicted octanol–water partition coefficient (Wildman–Crippen LogP) is 2.21. The number of nitrogens with zero attached hydrogens (tertiary/aromatic N) is 2. The van der Waals surface area contributed by atoms with Gasteiger partial charge in [0.1, 0.15) is 10.4 Å². The highest BCUT2D eigenvalue weighted by Crippen LogP contribution is 2.26. The molecular weight excluding hydrogens is 259 g/mol. The molecule has 0 fully saturated rings. The van der Waals surface area contributed by atoms with Gasteiger partial charge in [-0.05, 0) is 12.1 Å². The topological polar surface area (TPSA) is 59.9 Å². The Morgan fingerprint density at radius 3 is 2.47 bits per heavy atom. The average molecular weight is 263 g/mol. The van der Waals surface area contributed by atoms with Gasteiger partial charge in [0.2, 0.25) is 0 Å². The van der Waals surface area contributed by atoms with Crippen LogP contribution in [0.4, 0.5) is 0 Å². The van der Waals surface area contributed by atoms with Crippen molar-refractivity contribution >= 4 is 42.4 Å². The molecule has 0 N–H and O–H groups in total. The molecule has 7 heteroatoms. The van der Waals surface area contributed by atoms with Crippen LogP contribution in [0.1, 0.15) is 0 Å². The van der Waals surface area contributed by atoms with Crippen LogP contribution in [-0.2, 0) is 9.05 Å². The molecule has 1 heterocycles. The molecular formula is C8H4Cl2N2O2S.